The van der Waals surface area contributed by atoms with Crippen molar-refractivity contribution in [1.82, 2.24) is 5.32 Å². The monoisotopic (exact) mass is 195 g/mol. The molecular formula is C8H12F3NO. The van der Waals surface area contributed by atoms with Crippen LogP contribution in [-0.2, 0) is 4.74 Å². The first-order valence-corrected chi connectivity index (χ1v) is 4.50. The molecule has 13 heavy (non-hydrogen) atoms. The molecule has 3 unspecified atom stereocenters. The lowest BCUT2D eigenvalue weighted by Crippen LogP contribution is -2.42. The quantitative estimate of drug-likeness (QED) is 0.720. The van der Waals surface area contributed by atoms with Crippen LogP contribution in [0.5, 0.6) is 0 Å². The minimum atomic E-state index is -4.11. The summed E-state index contributed by atoms with van der Waals surface area (Å²) in [5.74, 6) is 0. The second-order valence-corrected chi connectivity index (χ2v) is 3.71. The van der Waals surface area contributed by atoms with E-state index in [1.54, 1.807) is 0 Å². The van der Waals surface area contributed by atoms with Crippen molar-refractivity contribution in [2.24, 2.45) is 0 Å². The minimum Gasteiger partial charge on any atom is -0.373 e. The molecule has 0 radical (unpaired) electrons. The first kappa shape index (κ1) is 9.27. The molecule has 2 saturated heterocycles. The molecule has 1 N–H and O–H groups in total. The maximum absolute atomic E-state index is 11.8. The summed E-state index contributed by atoms with van der Waals surface area (Å²) in [5.41, 5.74) is 0. The van der Waals surface area contributed by atoms with Crippen LogP contribution in [0, 0.1) is 0 Å². The van der Waals surface area contributed by atoms with Gasteiger partial charge in [0.1, 0.15) is 0 Å². The van der Waals surface area contributed by atoms with Crippen LogP contribution in [-0.4, -0.2) is 31.0 Å². The van der Waals surface area contributed by atoms with Crippen molar-refractivity contribution in [2.75, 3.05) is 6.54 Å². The van der Waals surface area contributed by atoms with Crippen molar-refractivity contribution in [1.29, 1.82) is 0 Å². The van der Waals surface area contributed by atoms with Crippen molar-refractivity contribution < 1.29 is 17.9 Å². The Morgan fingerprint density at radius 3 is 2.54 bits per heavy atom. The van der Waals surface area contributed by atoms with Gasteiger partial charge in [0.2, 0.25) is 0 Å². The molecule has 2 nitrogen and oxygen atoms in total. The Morgan fingerprint density at radius 1 is 1.31 bits per heavy atom. The predicted octanol–water partition coefficient (Wildman–Crippen LogP) is 1.46. The third-order valence-electron chi connectivity index (χ3n) is 2.67. The summed E-state index contributed by atoms with van der Waals surface area (Å²) in [6, 6.07) is -0.0830. The average molecular weight is 195 g/mol. The third-order valence-corrected chi connectivity index (χ3v) is 2.67. The fraction of sp³-hybridized carbons (Fsp3) is 1.00. The fourth-order valence-electron chi connectivity index (χ4n) is 2.10. The Hall–Kier alpha value is -0.290. The largest absolute Gasteiger partial charge is 0.401 e. The molecule has 76 valence electrons. The van der Waals surface area contributed by atoms with Crippen LogP contribution < -0.4 is 5.32 Å². The number of fused-ring (bicyclic) bond motifs is 2. The van der Waals surface area contributed by atoms with Crippen LogP contribution in [0.15, 0.2) is 0 Å². The molecule has 0 amide bonds. The van der Waals surface area contributed by atoms with E-state index in [0.717, 1.165) is 19.3 Å². The van der Waals surface area contributed by atoms with Crippen molar-refractivity contribution in [3.63, 3.8) is 0 Å². The van der Waals surface area contributed by atoms with Crippen molar-refractivity contribution >= 4 is 0 Å². The first-order valence-electron chi connectivity index (χ1n) is 4.50. The molecule has 2 fully saturated rings. The molecule has 5 heteroatoms. The number of halogens is 3. The predicted molar refractivity (Wildman–Crippen MR) is 40.4 cm³/mol. The summed E-state index contributed by atoms with van der Waals surface area (Å²) in [5, 5.41) is 2.50. The standard InChI is InChI=1S/C8H12F3NO/c9-8(10,11)4-12-6-3-5-1-2-7(6)13-5/h5-7,12H,1-4H2. The van der Waals surface area contributed by atoms with Gasteiger partial charge in [-0.3, -0.25) is 0 Å². The molecule has 2 aliphatic heterocycles. The van der Waals surface area contributed by atoms with Crippen LogP contribution in [0.1, 0.15) is 19.3 Å². The van der Waals surface area contributed by atoms with Crippen molar-refractivity contribution in [3.05, 3.63) is 0 Å². The van der Waals surface area contributed by atoms with Gasteiger partial charge >= 0.3 is 6.18 Å². The Morgan fingerprint density at radius 2 is 2.08 bits per heavy atom. The second kappa shape index (κ2) is 3.13. The van der Waals surface area contributed by atoms with E-state index in [1.165, 1.54) is 0 Å². The molecule has 0 aromatic rings. The highest BCUT2D eigenvalue weighted by atomic mass is 19.4. The molecule has 2 heterocycles. The molecular weight excluding hydrogens is 183 g/mol. The van der Waals surface area contributed by atoms with E-state index in [9.17, 15) is 13.2 Å². The Balaban J connectivity index is 1.78. The Bertz CT molecular complexity index is 194. The normalized spacial score (nSPS) is 38.5. The van der Waals surface area contributed by atoms with E-state index in [-0.39, 0.29) is 18.2 Å². The van der Waals surface area contributed by atoms with Crippen LogP contribution in [0.25, 0.3) is 0 Å². The molecule has 3 atom stereocenters. The zero-order valence-electron chi connectivity index (χ0n) is 7.10. The maximum atomic E-state index is 11.8. The number of ether oxygens (including phenoxy) is 1. The zero-order chi connectivity index (χ0) is 9.47. The van der Waals surface area contributed by atoms with Gasteiger partial charge < -0.3 is 10.1 Å². The van der Waals surface area contributed by atoms with Gasteiger partial charge in [-0.2, -0.15) is 13.2 Å². The third kappa shape index (κ3) is 2.14. The number of hydrogen-bond donors (Lipinski definition) is 1. The van der Waals surface area contributed by atoms with Gasteiger partial charge in [0.05, 0.1) is 18.8 Å². The summed E-state index contributed by atoms with van der Waals surface area (Å²) in [4.78, 5) is 0. The van der Waals surface area contributed by atoms with Crippen molar-refractivity contribution in [2.45, 2.75) is 43.7 Å². The lowest BCUT2D eigenvalue weighted by atomic mass is 9.95. The summed E-state index contributed by atoms with van der Waals surface area (Å²) in [6.07, 6.45) is -1.24. The van der Waals surface area contributed by atoms with E-state index >= 15 is 0 Å². The van der Waals surface area contributed by atoms with Crippen LogP contribution in [0.4, 0.5) is 13.2 Å². The van der Waals surface area contributed by atoms with Gasteiger partial charge in [0.15, 0.2) is 0 Å². The van der Waals surface area contributed by atoms with E-state index in [4.69, 9.17) is 4.74 Å². The lowest BCUT2D eigenvalue weighted by molar-refractivity contribution is -0.126. The van der Waals surface area contributed by atoms with E-state index in [0.29, 0.717) is 0 Å². The van der Waals surface area contributed by atoms with Gasteiger partial charge in [-0.1, -0.05) is 0 Å². The van der Waals surface area contributed by atoms with Crippen LogP contribution in [0.2, 0.25) is 0 Å². The van der Waals surface area contributed by atoms with Gasteiger partial charge in [0.25, 0.3) is 0 Å². The Kier molecular flexibility index (Phi) is 2.23. The molecule has 0 aromatic heterocycles. The molecule has 0 saturated carbocycles. The molecule has 0 aliphatic carbocycles. The molecule has 0 spiro atoms. The number of hydrogen-bond acceptors (Lipinski definition) is 2. The molecule has 0 aromatic carbocycles. The van der Waals surface area contributed by atoms with Crippen LogP contribution >= 0.6 is 0 Å². The van der Waals surface area contributed by atoms with Crippen LogP contribution in [0.3, 0.4) is 0 Å². The van der Waals surface area contributed by atoms with E-state index in [2.05, 4.69) is 5.32 Å². The van der Waals surface area contributed by atoms with E-state index in [1.807, 2.05) is 0 Å². The smallest absolute Gasteiger partial charge is 0.373 e. The summed E-state index contributed by atoms with van der Waals surface area (Å²) in [6.45, 7) is -0.899. The highest BCUT2D eigenvalue weighted by Crippen LogP contribution is 2.34. The van der Waals surface area contributed by atoms with Gasteiger partial charge in [0, 0.05) is 6.04 Å². The highest BCUT2D eigenvalue weighted by Gasteiger charge is 2.41. The second-order valence-electron chi connectivity index (χ2n) is 3.71. The molecule has 2 aliphatic rings. The highest BCUT2D eigenvalue weighted by molar-refractivity contribution is 4.94. The average Bonchev–Trinajstić information content (AvgIpc) is 2.58. The van der Waals surface area contributed by atoms with Crippen molar-refractivity contribution in [3.8, 4) is 0 Å². The summed E-state index contributed by atoms with van der Waals surface area (Å²) in [7, 11) is 0. The summed E-state index contributed by atoms with van der Waals surface area (Å²) < 4.78 is 41.0. The van der Waals surface area contributed by atoms with Gasteiger partial charge in [-0.25, -0.2) is 0 Å². The van der Waals surface area contributed by atoms with E-state index < -0.39 is 12.7 Å². The Labute approximate surface area is 74.4 Å². The number of rotatable bonds is 2. The fourth-order valence-corrected chi connectivity index (χ4v) is 2.10. The maximum Gasteiger partial charge on any atom is 0.401 e. The minimum absolute atomic E-state index is 0.0207. The first-order chi connectivity index (χ1) is 6.04. The SMILES string of the molecule is FC(F)(F)CNC1CC2CCC1O2. The molecule has 2 rings (SSSR count). The lowest BCUT2D eigenvalue weighted by Gasteiger charge is -2.20. The number of alkyl halides is 3. The zero-order valence-corrected chi connectivity index (χ0v) is 7.10. The summed E-state index contributed by atoms with van der Waals surface area (Å²) >= 11 is 0. The molecule has 2 bridgehead atoms. The topological polar surface area (TPSA) is 21.3 Å². The van der Waals surface area contributed by atoms with Gasteiger partial charge in [-0.05, 0) is 19.3 Å². The number of nitrogens with one attached hydrogen (secondary N) is 1. The van der Waals surface area contributed by atoms with Gasteiger partial charge in [-0.15, -0.1) is 0 Å².